The Balaban J connectivity index is 1.55. The number of aliphatic hydroxyl groups is 1. The van der Waals surface area contributed by atoms with Gasteiger partial charge in [0, 0.05) is 23.7 Å². The summed E-state index contributed by atoms with van der Waals surface area (Å²) in [7, 11) is 0. The minimum atomic E-state index is -0.722. The summed E-state index contributed by atoms with van der Waals surface area (Å²) in [6, 6.07) is 6.92. The molecule has 2 aliphatic carbocycles. The van der Waals surface area contributed by atoms with Crippen molar-refractivity contribution in [3.05, 3.63) is 35.4 Å². The van der Waals surface area contributed by atoms with E-state index in [9.17, 15) is 14.7 Å². The van der Waals surface area contributed by atoms with Crippen LogP contribution < -0.4 is 10.6 Å². The molecule has 5 heteroatoms. The standard InChI is InChI=1S/C16H20N2O3/c19-14(17-10-16(21)8-1-9-16)11-2-4-12(5-3-11)15(20)18-13-6-7-13/h2-5,13,21H,1,6-10H2,(H,17,19)(H,18,20). The van der Waals surface area contributed by atoms with Gasteiger partial charge in [0.05, 0.1) is 5.60 Å². The lowest BCUT2D eigenvalue weighted by Gasteiger charge is -2.36. The van der Waals surface area contributed by atoms with E-state index in [1.54, 1.807) is 24.3 Å². The Kier molecular flexibility index (Phi) is 3.68. The quantitative estimate of drug-likeness (QED) is 0.762. The summed E-state index contributed by atoms with van der Waals surface area (Å²) in [6.07, 6.45) is 4.60. The Bertz CT molecular complexity index is 545. The van der Waals surface area contributed by atoms with Crippen LogP contribution in [-0.4, -0.2) is 35.1 Å². The molecule has 3 N–H and O–H groups in total. The predicted molar refractivity (Wildman–Crippen MR) is 78.1 cm³/mol. The van der Waals surface area contributed by atoms with Crippen molar-refractivity contribution in [3.63, 3.8) is 0 Å². The summed E-state index contributed by atoms with van der Waals surface area (Å²) in [6.45, 7) is 0.287. The molecule has 0 spiro atoms. The highest BCUT2D eigenvalue weighted by Crippen LogP contribution is 2.30. The molecule has 0 aliphatic heterocycles. The first-order valence-corrected chi connectivity index (χ1v) is 7.47. The zero-order chi connectivity index (χ0) is 14.9. The van der Waals surface area contributed by atoms with Crippen LogP contribution in [0.25, 0.3) is 0 Å². The monoisotopic (exact) mass is 288 g/mol. The molecule has 0 aromatic heterocycles. The van der Waals surface area contributed by atoms with Crippen LogP contribution in [0.4, 0.5) is 0 Å². The van der Waals surface area contributed by atoms with Crippen LogP contribution in [0, 0.1) is 0 Å². The number of amides is 2. The second kappa shape index (κ2) is 5.48. The second-order valence-corrected chi connectivity index (χ2v) is 6.09. The molecule has 112 valence electrons. The molecule has 0 heterocycles. The molecule has 0 bridgehead atoms. The molecule has 0 radical (unpaired) electrons. The van der Waals surface area contributed by atoms with E-state index >= 15 is 0 Å². The molecule has 0 unspecified atom stereocenters. The molecule has 1 aromatic carbocycles. The second-order valence-electron chi connectivity index (χ2n) is 6.09. The summed E-state index contributed by atoms with van der Waals surface area (Å²) in [4.78, 5) is 23.8. The highest BCUT2D eigenvalue weighted by atomic mass is 16.3. The van der Waals surface area contributed by atoms with Crippen LogP contribution in [0.2, 0.25) is 0 Å². The summed E-state index contributed by atoms with van der Waals surface area (Å²) < 4.78 is 0. The van der Waals surface area contributed by atoms with Crippen molar-refractivity contribution >= 4 is 11.8 Å². The number of carbonyl (C=O) groups is 2. The minimum absolute atomic E-state index is 0.0896. The topological polar surface area (TPSA) is 78.4 Å². The Morgan fingerprint density at radius 1 is 1.10 bits per heavy atom. The van der Waals surface area contributed by atoms with Gasteiger partial charge in [-0.2, -0.15) is 0 Å². The molecule has 21 heavy (non-hydrogen) atoms. The molecule has 0 saturated heterocycles. The maximum Gasteiger partial charge on any atom is 0.251 e. The molecule has 2 amide bonds. The van der Waals surface area contributed by atoms with Gasteiger partial charge in [-0.15, -0.1) is 0 Å². The lowest BCUT2D eigenvalue weighted by Crippen LogP contribution is -2.47. The van der Waals surface area contributed by atoms with Gasteiger partial charge in [-0.1, -0.05) is 0 Å². The molecule has 2 fully saturated rings. The summed E-state index contributed by atoms with van der Waals surface area (Å²) in [5, 5.41) is 15.6. The van der Waals surface area contributed by atoms with Gasteiger partial charge in [0.2, 0.25) is 0 Å². The number of nitrogens with one attached hydrogen (secondary N) is 2. The zero-order valence-electron chi connectivity index (χ0n) is 11.9. The van der Waals surface area contributed by atoms with Gasteiger partial charge >= 0.3 is 0 Å². The van der Waals surface area contributed by atoms with E-state index < -0.39 is 5.60 Å². The van der Waals surface area contributed by atoms with Crippen molar-refractivity contribution < 1.29 is 14.7 Å². The van der Waals surface area contributed by atoms with Gasteiger partial charge < -0.3 is 15.7 Å². The van der Waals surface area contributed by atoms with E-state index in [1.165, 1.54) is 0 Å². The largest absolute Gasteiger partial charge is 0.388 e. The summed E-state index contributed by atoms with van der Waals surface area (Å²) in [5.41, 5.74) is 0.344. The number of hydrogen-bond donors (Lipinski definition) is 3. The third kappa shape index (κ3) is 3.42. The Labute approximate surface area is 123 Å². The van der Waals surface area contributed by atoms with Crippen molar-refractivity contribution in [2.45, 2.75) is 43.7 Å². The fourth-order valence-electron chi connectivity index (χ4n) is 2.38. The van der Waals surface area contributed by atoms with Gasteiger partial charge in [0.1, 0.15) is 0 Å². The van der Waals surface area contributed by atoms with Crippen molar-refractivity contribution in [2.24, 2.45) is 0 Å². The van der Waals surface area contributed by atoms with Crippen LogP contribution in [0.3, 0.4) is 0 Å². The summed E-state index contributed by atoms with van der Waals surface area (Å²) >= 11 is 0. The minimum Gasteiger partial charge on any atom is -0.388 e. The third-order valence-electron chi connectivity index (χ3n) is 4.18. The van der Waals surface area contributed by atoms with Gasteiger partial charge in [-0.05, 0) is 56.4 Å². The van der Waals surface area contributed by atoms with Gasteiger partial charge in [0.15, 0.2) is 0 Å². The fraction of sp³-hybridized carbons (Fsp3) is 0.500. The lowest BCUT2D eigenvalue weighted by atomic mass is 9.80. The molecular formula is C16H20N2O3. The normalized spacial score (nSPS) is 19.5. The highest BCUT2D eigenvalue weighted by molar-refractivity contribution is 5.98. The van der Waals surface area contributed by atoms with Crippen molar-refractivity contribution in [1.29, 1.82) is 0 Å². The molecule has 0 atom stereocenters. The molecule has 5 nitrogen and oxygen atoms in total. The van der Waals surface area contributed by atoms with Crippen LogP contribution in [0.5, 0.6) is 0 Å². The van der Waals surface area contributed by atoms with Crippen LogP contribution in [0.15, 0.2) is 24.3 Å². The maximum absolute atomic E-state index is 12.0. The fourth-order valence-corrected chi connectivity index (χ4v) is 2.38. The van der Waals surface area contributed by atoms with Gasteiger partial charge in [-0.3, -0.25) is 9.59 Å². The SMILES string of the molecule is O=C(NCC1(O)CCC1)c1ccc(C(=O)NC2CC2)cc1. The molecular weight excluding hydrogens is 268 g/mol. The van der Waals surface area contributed by atoms with Crippen LogP contribution in [-0.2, 0) is 0 Å². The molecule has 1 aromatic rings. The van der Waals surface area contributed by atoms with E-state index in [-0.39, 0.29) is 18.4 Å². The van der Waals surface area contributed by atoms with Gasteiger partial charge in [-0.25, -0.2) is 0 Å². The maximum atomic E-state index is 12.0. The third-order valence-corrected chi connectivity index (χ3v) is 4.18. The van der Waals surface area contributed by atoms with E-state index in [2.05, 4.69) is 10.6 Å². The summed E-state index contributed by atoms with van der Waals surface area (Å²) in [5.74, 6) is -0.308. The predicted octanol–water partition coefficient (Wildman–Crippen LogP) is 1.22. The molecule has 2 saturated carbocycles. The first-order valence-electron chi connectivity index (χ1n) is 7.47. The number of carbonyl (C=O) groups excluding carboxylic acids is 2. The Morgan fingerprint density at radius 3 is 2.14 bits per heavy atom. The van der Waals surface area contributed by atoms with E-state index in [4.69, 9.17) is 0 Å². The average molecular weight is 288 g/mol. The first kappa shape index (κ1) is 14.1. The number of rotatable bonds is 5. The Morgan fingerprint density at radius 2 is 1.67 bits per heavy atom. The van der Waals surface area contributed by atoms with Crippen LogP contribution in [0.1, 0.15) is 52.8 Å². The average Bonchev–Trinajstić information content (AvgIpc) is 3.26. The van der Waals surface area contributed by atoms with Crippen molar-refractivity contribution in [1.82, 2.24) is 10.6 Å². The van der Waals surface area contributed by atoms with E-state index in [0.717, 1.165) is 32.1 Å². The van der Waals surface area contributed by atoms with Gasteiger partial charge in [0.25, 0.3) is 11.8 Å². The molecule has 3 rings (SSSR count). The first-order chi connectivity index (χ1) is 10.1. The Hall–Kier alpha value is -1.88. The van der Waals surface area contributed by atoms with Crippen molar-refractivity contribution in [3.8, 4) is 0 Å². The van der Waals surface area contributed by atoms with Crippen LogP contribution >= 0.6 is 0 Å². The highest BCUT2D eigenvalue weighted by Gasteiger charge is 2.34. The van der Waals surface area contributed by atoms with E-state index in [1.807, 2.05) is 0 Å². The zero-order valence-corrected chi connectivity index (χ0v) is 11.9. The number of hydrogen-bond acceptors (Lipinski definition) is 3. The van der Waals surface area contributed by atoms with Crippen molar-refractivity contribution in [2.75, 3.05) is 6.54 Å². The lowest BCUT2D eigenvalue weighted by molar-refractivity contribution is -0.0300. The number of benzene rings is 1. The smallest absolute Gasteiger partial charge is 0.251 e. The van der Waals surface area contributed by atoms with E-state index in [0.29, 0.717) is 17.2 Å². The molecule has 2 aliphatic rings.